The van der Waals surface area contributed by atoms with E-state index in [1.165, 1.54) is 5.20 Å². The first kappa shape index (κ1) is 12.4. The summed E-state index contributed by atoms with van der Waals surface area (Å²) in [5.74, 6) is -0.758. The molecule has 0 amide bonds. The Balaban J connectivity index is 5.00. The van der Waals surface area contributed by atoms with Gasteiger partial charge in [0.15, 0.2) is 0 Å². The van der Waals surface area contributed by atoms with Gasteiger partial charge in [0.05, 0.1) is 8.07 Å². The van der Waals surface area contributed by atoms with Crippen LogP contribution in [-0.4, -0.2) is 19.1 Å². The first-order valence-corrected chi connectivity index (χ1v) is 8.24. The van der Waals surface area contributed by atoms with Crippen LogP contribution in [0.5, 0.6) is 0 Å². The molecule has 2 nitrogen and oxygen atoms in total. The molecule has 0 aliphatic rings. The van der Waals surface area contributed by atoms with Gasteiger partial charge < -0.3 is 5.11 Å². The van der Waals surface area contributed by atoms with Crippen LogP contribution < -0.4 is 0 Å². The van der Waals surface area contributed by atoms with Crippen LogP contribution in [-0.2, 0) is 4.79 Å². The van der Waals surface area contributed by atoms with E-state index in [1.54, 1.807) is 6.92 Å². The molecular weight excluding hydrogens is 180 g/mol. The van der Waals surface area contributed by atoms with Gasteiger partial charge in [-0.15, -0.1) is 0 Å². The van der Waals surface area contributed by atoms with Gasteiger partial charge in [0.2, 0.25) is 0 Å². The zero-order valence-corrected chi connectivity index (χ0v) is 10.3. The lowest BCUT2D eigenvalue weighted by Gasteiger charge is -2.22. The summed E-state index contributed by atoms with van der Waals surface area (Å²) < 4.78 is 0. The molecular formula is C10H20O2Si. The maximum absolute atomic E-state index is 10.8. The number of aliphatic carboxylic acids is 1. The van der Waals surface area contributed by atoms with E-state index in [0.29, 0.717) is 5.57 Å². The zero-order chi connectivity index (χ0) is 10.6. The van der Waals surface area contributed by atoms with E-state index in [1.807, 2.05) is 0 Å². The van der Waals surface area contributed by atoms with E-state index < -0.39 is 14.0 Å². The molecule has 3 heteroatoms. The fourth-order valence-corrected chi connectivity index (χ4v) is 3.74. The van der Waals surface area contributed by atoms with E-state index in [-0.39, 0.29) is 0 Å². The van der Waals surface area contributed by atoms with Gasteiger partial charge in [-0.1, -0.05) is 38.2 Å². The third-order valence-electron chi connectivity index (χ3n) is 2.18. The lowest BCUT2D eigenvalue weighted by Crippen LogP contribution is -2.26. The number of hydrogen-bond acceptors (Lipinski definition) is 1. The summed E-state index contributed by atoms with van der Waals surface area (Å²) in [5, 5.41) is 10.1. The molecule has 76 valence electrons. The SMILES string of the molecule is CCCC(=C(C)C(=O)O)[Si](C)(C)C. The normalized spacial score (nSPS) is 13.9. The zero-order valence-electron chi connectivity index (χ0n) is 9.27. The fraction of sp³-hybridized carbons (Fsp3) is 0.700. The van der Waals surface area contributed by atoms with Gasteiger partial charge >= 0.3 is 5.97 Å². The van der Waals surface area contributed by atoms with Crippen molar-refractivity contribution in [2.75, 3.05) is 0 Å². The number of carboxylic acid groups (broad SMARTS) is 1. The molecule has 0 spiro atoms. The highest BCUT2D eigenvalue weighted by Crippen LogP contribution is 2.23. The Bertz CT molecular complexity index is 224. The molecule has 0 saturated heterocycles. The van der Waals surface area contributed by atoms with Crippen LogP contribution >= 0.6 is 0 Å². The fourth-order valence-electron chi connectivity index (χ4n) is 1.50. The van der Waals surface area contributed by atoms with Crippen LogP contribution in [0, 0.1) is 0 Å². The first-order chi connectivity index (χ1) is 5.80. The van der Waals surface area contributed by atoms with Crippen LogP contribution in [0.25, 0.3) is 0 Å². The van der Waals surface area contributed by atoms with Crippen molar-refractivity contribution in [1.82, 2.24) is 0 Å². The predicted octanol–water partition coefficient (Wildman–Crippen LogP) is 3.07. The third kappa shape index (κ3) is 3.76. The maximum Gasteiger partial charge on any atom is 0.330 e. The Hall–Kier alpha value is -0.573. The predicted molar refractivity (Wildman–Crippen MR) is 58.6 cm³/mol. The smallest absolute Gasteiger partial charge is 0.330 e. The highest BCUT2D eigenvalue weighted by atomic mass is 28.3. The lowest BCUT2D eigenvalue weighted by atomic mass is 10.2. The van der Waals surface area contributed by atoms with Crippen molar-refractivity contribution in [1.29, 1.82) is 0 Å². The minimum Gasteiger partial charge on any atom is -0.478 e. The molecule has 0 saturated carbocycles. The molecule has 0 aromatic heterocycles. The van der Waals surface area contributed by atoms with Crippen LogP contribution in [0.3, 0.4) is 0 Å². The molecule has 0 unspecified atom stereocenters. The second-order valence-electron chi connectivity index (χ2n) is 4.41. The summed E-state index contributed by atoms with van der Waals surface area (Å²) in [6.07, 6.45) is 1.97. The number of carbonyl (C=O) groups is 1. The van der Waals surface area contributed by atoms with E-state index in [2.05, 4.69) is 26.6 Å². The largest absolute Gasteiger partial charge is 0.478 e. The molecule has 1 N–H and O–H groups in total. The van der Waals surface area contributed by atoms with Gasteiger partial charge in [-0.3, -0.25) is 0 Å². The Morgan fingerprint density at radius 1 is 1.31 bits per heavy atom. The van der Waals surface area contributed by atoms with E-state index >= 15 is 0 Å². The molecule has 0 fully saturated rings. The Morgan fingerprint density at radius 2 is 1.77 bits per heavy atom. The van der Waals surface area contributed by atoms with Crippen molar-refractivity contribution in [3.8, 4) is 0 Å². The van der Waals surface area contributed by atoms with Gasteiger partial charge in [0, 0.05) is 5.57 Å². The highest BCUT2D eigenvalue weighted by molar-refractivity contribution is 6.83. The number of hydrogen-bond donors (Lipinski definition) is 1. The molecule has 0 aliphatic heterocycles. The average Bonchev–Trinajstić information content (AvgIpc) is 1.96. The van der Waals surface area contributed by atoms with Crippen LogP contribution in [0.4, 0.5) is 0 Å². The van der Waals surface area contributed by atoms with Crippen LogP contribution in [0.15, 0.2) is 10.8 Å². The maximum atomic E-state index is 10.8. The van der Waals surface area contributed by atoms with Crippen molar-refractivity contribution < 1.29 is 9.90 Å². The molecule has 0 aliphatic carbocycles. The summed E-state index contributed by atoms with van der Waals surface area (Å²) in [5.41, 5.74) is 0.570. The summed E-state index contributed by atoms with van der Waals surface area (Å²) in [4.78, 5) is 10.8. The monoisotopic (exact) mass is 200 g/mol. The van der Waals surface area contributed by atoms with Crippen molar-refractivity contribution in [3.05, 3.63) is 10.8 Å². The molecule has 0 aromatic carbocycles. The third-order valence-corrected chi connectivity index (χ3v) is 4.61. The standard InChI is InChI=1S/C10H20O2Si/c1-6-7-9(13(3,4)5)8(2)10(11)12/h6-7H2,1-5H3,(H,11,12). The van der Waals surface area contributed by atoms with Crippen molar-refractivity contribution in [2.45, 2.75) is 46.3 Å². The van der Waals surface area contributed by atoms with Gasteiger partial charge in [0.25, 0.3) is 0 Å². The van der Waals surface area contributed by atoms with Crippen molar-refractivity contribution >= 4 is 14.0 Å². The first-order valence-electron chi connectivity index (χ1n) is 4.74. The minimum absolute atomic E-state index is 0.570. The minimum atomic E-state index is -1.43. The molecule has 0 aromatic rings. The second-order valence-corrected chi connectivity index (χ2v) is 9.51. The number of carboxylic acids is 1. The summed E-state index contributed by atoms with van der Waals surface area (Å²) in [6, 6.07) is 0. The van der Waals surface area contributed by atoms with Gasteiger partial charge in [-0.2, -0.15) is 0 Å². The van der Waals surface area contributed by atoms with Crippen LogP contribution in [0.1, 0.15) is 26.7 Å². The number of allylic oxidation sites excluding steroid dienone is 1. The second kappa shape index (κ2) is 4.60. The molecule has 0 radical (unpaired) electrons. The van der Waals surface area contributed by atoms with E-state index in [9.17, 15) is 4.79 Å². The topological polar surface area (TPSA) is 37.3 Å². The quantitative estimate of drug-likeness (QED) is 0.559. The van der Waals surface area contributed by atoms with Crippen molar-refractivity contribution in [2.24, 2.45) is 0 Å². The molecule has 0 heterocycles. The van der Waals surface area contributed by atoms with Crippen molar-refractivity contribution in [3.63, 3.8) is 0 Å². The average molecular weight is 200 g/mol. The Kier molecular flexibility index (Phi) is 4.40. The number of rotatable bonds is 4. The lowest BCUT2D eigenvalue weighted by molar-refractivity contribution is -0.132. The Labute approximate surface area is 81.7 Å². The molecule has 13 heavy (non-hydrogen) atoms. The highest BCUT2D eigenvalue weighted by Gasteiger charge is 2.23. The summed E-state index contributed by atoms with van der Waals surface area (Å²) in [6.45, 7) is 10.4. The van der Waals surface area contributed by atoms with Gasteiger partial charge in [0.1, 0.15) is 0 Å². The molecule has 0 atom stereocenters. The van der Waals surface area contributed by atoms with Crippen LogP contribution in [0.2, 0.25) is 19.6 Å². The molecule has 0 bridgehead atoms. The Morgan fingerprint density at radius 3 is 2.00 bits per heavy atom. The van der Waals surface area contributed by atoms with Gasteiger partial charge in [-0.25, -0.2) is 4.79 Å². The summed E-state index contributed by atoms with van der Waals surface area (Å²) >= 11 is 0. The summed E-state index contributed by atoms with van der Waals surface area (Å²) in [7, 11) is -1.43. The van der Waals surface area contributed by atoms with Gasteiger partial charge in [-0.05, 0) is 13.3 Å². The molecule has 0 rings (SSSR count). The van der Waals surface area contributed by atoms with E-state index in [4.69, 9.17) is 5.11 Å². The van der Waals surface area contributed by atoms with E-state index in [0.717, 1.165) is 12.8 Å².